The maximum atomic E-state index is 10.9. The first-order valence-electron chi connectivity index (χ1n) is 5.74. The molecule has 0 amide bonds. The number of hydrogen-bond donors (Lipinski definition) is 0. The Labute approximate surface area is 97.2 Å². The Morgan fingerprint density at radius 1 is 1.56 bits per heavy atom. The summed E-state index contributed by atoms with van der Waals surface area (Å²) in [7, 11) is 3.47. The Kier molecular flexibility index (Phi) is 4.75. The summed E-state index contributed by atoms with van der Waals surface area (Å²) in [5.74, 6) is -0.147. The van der Waals surface area contributed by atoms with Crippen molar-refractivity contribution in [2.24, 2.45) is 5.41 Å². The molecule has 1 saturated carbocycles. The van der Waals surface area contributed by atoms with Crippen LogP contribution in [0.4, 0.5) is 0 Å². The zero-order valence-corrected chi connectivity index (χ0v) is 10.2. The molecule has 4 nitrogen and oxygen atoms in total. The summed E-state index contributed by atoms with van der Waals surface area (Å²) in [5, 5.41) is 8.71. The minimum Gasteiger partial charge on any atom is -0.469 e. The van der Waals surface area contributed by atoms with E-state index in [0.29, 0.717) is 12.8 Å². The topological polar surface area (TPSA) is 53.3 Å². The Hall–Kier alpha value is -1.08. The van der Waals surface area contributed by atoms with E-state index in [1.54, 1.807) is 0 Å². The quantitative estimate of drug-likeness (QED) is 0.616. The van der Waals surface area contributed by atoms with Crippen molar-refractivity contribution < 1.29 is 9.53 Å². The SMILES string of the molecule is COC(=O)CCCN(C)CC1(CC#N)CC1. The Bertz CT molecular complexity index is 279. The Balaban J connectivity index is 2.14. The first-order chi connectivity index (χ1) is 7.62. The van der Waals surface area contributed by atoms with Crippen molar-refractivity contribution in [3.63, 3.8) is 0 Å². The minimum absolute atomic E-state index is 0.147. The molecule has 0 radical (unpaired) electrons. The van der Waals surface area contributed by atoms with E-state index in [0.717, 1.165) is 19.5 Å². The van der Waals surface area contributed by atoms with E-state index in [1.165, 1.54) is 20.0 Å². The van der Waals surface area contributed by atoms with Crippen molar-refractivity contribution in [2.45, 2.75) is 32.1 Å². The number of methoxy groups -OCH3 is 1. The smallest absolute Gasteiger partial charge is 0.305 e. The third-order valence-corrected chi connectivity index (χ3v) is 3.16. The summed E-state index contributed by atoms with van der Waals surface area (Å²) in [6, 6.07) is 2.26. The highest BCUT2D eigenvalue weighted by molar-refractivity contribution is 5.69. The van der Waals surface area contributed by atoms with Crippen LogP contribution in [0.2, 0.25) is 0 Å². The van der Waals surface area contributed by atoms with E-state index in [9.17, 15) is 4.79 Å². The number of rotatable bonds is 7. The van der Waals surface area contributed by atoms with Gasteiger partial charge in [0, 0.05) is 19.4 Å². The van der Waals surface area contributed by atoms with E-state index >= 15 is 0 Å². The predicted molar refractivity (Wildman–Crippen MR) is 60.6 cm³/mol. The fraction of sp³-hybridized carbons (Fsp3) is 0.833. The molecule has 0 heterocycles. The van der Waals surface area contributed by atoms with E-state index in [1.807, 2.05) is 0 Å². The number of nitrogens with zero attached hydrogens (tertiary/aromatic N) is 2. The van der Waals surface area contributed by atoms with Gasteiger partial charge in [-0.25, -0.2) is 0 Å². The molecule has 0 saturated heterocycles. The van der Waals surface area contributed by atoms with Crippen LogP contribution in [0.3, 0.4) is 0 Å². The summed E-state index contributed by atoms with van der Waals surface area (Å²) >= 11 is 0. The molecule has 4 heteroatoms. The highest BCUT2D eigenvalue weighted by Crippen LogP contribution is 2.48. The van der Waals surface area contributed by atoms with Crippen molar-refractivity contribution in [3.8, 4) is 6.07 Å². The molecule has 1 aliphatic rings. The number of carbonyl (C=O) groups excluding carboxylic acids is 1. The van der Waals surface area contributed by atoms with E-state index < -0.39 is 0 Å². The third kappa shape index (κ3) is 4.19. The van der Waals surface area contributed by atoms with Crippen LogP contribution >= 0.6 is 0 Å². The van der Waals surface area contributed by atoms with Gasteiger partial charge in [0.05, 0.1) is 13.2 Å². The summed E-state index contributed by atoms with van der Waals surface area (Å²) in [6.45, 7) is 1.87. The largest absolute Gasteiger partial charge is 0.469 e. The number of carbonyl (C=O) groups is 1. The van der Waals surface area contributed by atoms with Crippen LogP contribution in [0.1, 0.15) is 32.1 Å². The summed E-state index contributed by atoms with van der Waals surface area (Å²) in [5.41, 5.74) is 0.259. The normalized spacial score (nSPS) is 16.9. The van der Waals surface area contributed by atoms with E-state index in [4.69, 9.17) is 5.26 Å². The maximum absolute atomic E-state index is 10.9. The van der Waals surface area contributed by atoms with Crippen LogP contribution in [0.25, 0.3) is 0 Å². The standard InChI is InChI=1S/C12H20N2O2/c1-14(9-3-4-11(15)16-2)10-12(5-6-12)7-8-13/h3-7,9-10H2,1-2H3. The van der Waals surface area contributed by atoms with E-state index in [-0.39, 0.29) is 11.4 Å². The molecule has 0 atom stereocenters. The van der Waals surface area contributed by atoms with Crippen molar-refractivity contribution in [2.75, 3.05) is 27.2 Å². The lowest BCUT2D eigenvalue weighted by molar-refractivity contribution is -0.140. The molecule has 0 aromatic carbocycles. The molecule has 1 rings (SSSR count). The van der Waals surface area contributed by atoms with Crippen LogP contribution in [-0.4, -0.2) is 38.1 Å². The first kappa shape index (κ1) is 13.0. The fourth-order valence-corrected chi connectivity index (χ4v) is 1.98. The maximum Gasteiger partial charge on any atom is 0.305 e. The van der Waals surface area contributed by atoms with Gasteiger partial charge in [0.1, 0.15) is 0 Å². The summed E-state index contributed by atoms with van der Waals surface area (Å²) in [4.78, 5) is 13.1. The Morgan fingerprint density at radius 3 is 2.75 bits per heavy atom. The average molecular weight is 224 g/mol. The molecular formula is C12H20N2O2. The fourth-order valence-electron chi connectivity index (χ4n) is 1.98. The highest BCUT2D eigenvalue weighted by atomic mass is 16.5. The molecule has 0 aromatic rings. The molecule has 1 aliphatic carbocycles. The molecule has 0 aliphatic heterocycles. The average Bonchev–Trinajstić information content (AvgIpc) is 2.98. The van der Waals surface area contributed by atoms with Gasteiger partial charge in [-0.15, -0.1) is 0 Å². The van der Waals surface area contributed by atoms with Crippen LogP contribution in [0.5, 0.6) is 0 Å². The minimum atomic E-state index is -0.147. The molecular weight excluding hydrogens is 204 g/mol. The van der Waals surface area contributed by atoms with Gasteiger partial charge in [-0.05, 0) is 38.3 Å². The number of nitriles is 1. The van der Waals surface area contributed by atoms with Gasteiger partial charge in [-0.3, -0.25) is 4.79 Å². The van der Waals surface area contributed by atoms with Crippen molar-refractivity contribution >= 4 is 5.97 Å². The van der Waals surface area contributed by atoms with Gasteiger partial charge in [-0.2, -0.15) is 5.26 Å². The number of hydrogen-bond acceptors (Lipinski definition) is 4. The lowest BCUT2D eigenvalue weighted by Gasteiger charge is -2.21. The van der Waals surface area contributed by atoms with Crippen LogP contribution in [0.15, 0.2) is 0 Å². The molecule has 90 valence electrons. The number of ether oxygens (including phenoxy) is 1. The molecule has 0 unspecified atom stereocenters. The molecule has 0 aromatic heterocycles. The lowest BCUT2D eigenvalue weighted by Crippen LogP contribution is -2.28. The zero-order valence-electron chi connectivity index (χ0n) is 10.2. The van der Waals surface area contributed by atoms with Crippen molar-refractivity contribution in [1.82, 2.24) is 4.90 Å². The zero-order chi connectivity index (χ0) is 12.0. The van der Waals surface area contributed by atoms with Crippen molar-refractivity contribution in [3.05, 3.63) is 0 Å². The lowest BCUT2D eigenvalue weighted by atomic mass is 10.0. The third-order valence-electron chi connectivity index (χ3n) is 3.16. The monoisotopic (exact) mass is 224 g/mol. The molecule has 16 heavy (non-hydrogen) atoms. The van der Waals surface area contributed by atoms with Crippen LogP contribution in [0, 0.1) is 16.7 Å². The van der Waals surface area contributed by atoms with Gasteiger partial charge in [0.2, 0.25) is 0 Å². The van der Waals surface area contributed by atoms with Crippen LogP contribution < -0.4 is 0 Å². The molecule has 0 N–H and O–H groups in total. The predicted octanol–water partition coefficient (Wildman–Crippen LogP) is 1.57. The second-order valence-corrected chi connectivity index (χ2v) is 4.75. The van der Waals surface area contributed by atoms with Gasteiger partial charge in [0.25, 0.3) is 0 Å². The first-order valence-corrected chi connectivity index (χ1v) is 5.74. The second-order valence-electron chi connectivity index (χ2n) is 4.75. The molecule has 0 bridgehead atoms. The Morgan fingerprint density at radius 2 is 2.25 bits per heavy atom. The highest BCUT2D eigenvalue weighted by Gasteiger charge is 2.42. The van der Waals surface area contributed by atoms with Gasteiger partial charge >= 0.3 is 5.97 Å². The van der Waals surface area contributed by atoms with E-state index in [2.05, 4.69) is 22.8 Å². The van der Waals surface area contributed by atoms with Gasteiger partial charge in [0.15, 0.2) is 0 Å². The summed E-state index contributed by atoms with van der Waals surface area (Å²) < 4.78 is 4.58. The van der Waals surface area contributed by atoms with Gasteiger partial charge < -0.3 is 9.64 Å². The number of esters is 1. The van der Waals surface area contributed by atoms with Crippen LogP contribution in [-0.2, 0) is 9.53 Å². The molecule has 1 fully saturated rings. The summed E-state index contributed by atoms with van der Waals surface area (Å²) in [6.07, 6.45) is 4.30. The second kappa shape index (κ2) is 5.86. The van der Waals surface area contributed by atoms with Gasteiger partial charge in [-0.1, -0.05) is 0 Å². The van der Waals surface area contributed by atoms with Crippen molar-refractivity contribution in [1.29, 1.82) is 5.26 Å². The molecule has 0 spiro atoms.